The lowest BCUT2D eigenvalue weighted by atomic mass is 10.2. The number of aromatic nitrogens is 1. The molecular formula is C19H19N3O2S. The van der Waals surface area contributed by atoms with Crippen LogP contribution in [0.25, 0.3) is 0 Å². The van der Waals surface area contributed by atoms with Gasteiger partial charge in [0.15, 0.2) is 0 Å². The summed E-state index contributed by atoms with van der Waals surface area (Å²) >= 11 is 0. The van der Waals surface area contributed by atoms with E-state index in [1.165, 1.54) is 0 Å². The van der Waals surface area contributed by atoms with Crippen LogP contribution in [0.2, 0.25) is 0 Å². The van der Waals surface area contributed by atoms with Crippen LogP contribution < -0.4 is 10.0 Å². The Balaban J connectivity index is 1.66. The molecular weight excluding hydrogens is 334 g/mol. The zero-order valence-corrected chi connectivity index (χ0v) is 14.6. The van der Waals surface area contributed by atoms with Crippen molar-refractivity contribution in [3.63, 3.8) is 0 Å². The average Bonchev–Trinajstić information content (AvgIpc) is 2.62. The van der Waals surface area contributed by atoms with E-state index in [1.54, 1.807) is 36.5 Å². The van der Waals surface area contributed by atoms with Gasteiger partial charge in [-0.1, -0.05) is 18.2 Å². The minimum absolute atomic E-state index is 0.254. The third-order valence-corrected chi connectivity index (χ3v) is 5.02. The molecule has 0 amide bonds. The first-order chi connectivity index (χ1) is 12.0. The standard InChI is InChI=1S/C19H19N3O2S/c1-15-5-4-7-19(13-15)25(23,24)22-17-10-8-16(9-11-17)21-14-18-6-2-3-12-20-18/h2-13,21-22H,14H2,1H3. The molecule has 1 heterocycles. The van der Waals surface area contributed by atoms with E-state index in [0.717, 1.165) is 16.9 Å². The summed E-state index contributed by atoms with van der Waals surface area (Å²) in [4.78, 5) is 4.50. The molecule has 128 valence electrons. The van der Waals surface area contributed by atoms with Gasteiger partial charge in [-0.05, 0) is 61.0 Å². The number of sulfonamides is 1. The first-order valence-electron chi connectivity index (χ1n) is 7.86. The highest BCUT2D eigenvalue weighted by Gasteiger charge is 2.13. The number of nitrogens with zero attached hydrogens (tertiary/aromatic N) is 1. The van der Waals surface area contributed by atoms with Gasteiger partial charge in [-0.25, -0.2) is 8.42 Å². The molecule has 0 unspecified atom stereocenters. The van der Waals surface area contributed by atoms with E-state index in [1.807, 2.05) is 43.3 Å². The minimum Gasteiger partial charge on any atom is -0.379 e. The number of aryl methyl sites for hydroxylation is 1. The fraction of sp³-hybridized carbons (Fsp3) is 0.105. The molecule has 6 heteroatoms. The molecule has 0 spiro atoms. The van der Waals surface area contributed by atoms with E-state index in [4.69, 9.17) is 0 Å². The number of hydrogen-bond donors (Lipinski definition) is 2. The molecule has 0 aliphatic rings. The second kappa shape index (κ2) is 7.36. The van der Waals surface area contributed by atoms with E-state index in [-0.39, 0.29) is 4.90 Å². The second-order valence-electron chi connectivity index (χ2n) is 5.67. The van der Waals surface area contributed by atoms with E-state index >= 15 is 0 Å². The van der Waals surface area contributed by atoms with Gasteiger partial charge in [0.05, 0.1) is 17.1 Å². The van der Waals surface area contributed by atoms with Gasteiger partial charge in [0.2, 0.25) is 0 Å². The van der Waals surface area contributed by atoms with Gasteiger partial charge in [-0.2, -0.15) is 0 Å². The number of benzene rings is 2. The van der Waals surface area contributed by atoms with E-state index < -0.39 is 10.0 Å². The zero-order valence-electron chi connectivity index (χ0n) is 13.8. The third-order valence-electron chi connectivity index (χ3n) is 3.64. The van der Waals surface area contributed by atoms with Gasteiger partial charge in [0.25, 0.3) is 10.0 Å². The molecule has 3 rings (SSSR count). The smallest absolute Gasteiger partial charge is 0.261 e. The Morgan fingerprint density at radius 2 is 1.68 bits per heavy atom. The number of hydrogen-bond acceptors (Lipinski definition) is 4. The average molecular weight is 353 g/mol. The molecule has 0 radical (unpaired) electrons. The Bertz CT molecular complexity index is 940. The molecule has 0 saturated carbocycles. The number of anilines is 2. The number of pyridine rings is 1. The first-order valence-corrected chi connectivity index (χ1v) is 9.35. The maximum atomic E-state index is 12.4. The summed E-state index contributed by atoms with van der Waals surface area (Å²) in [7, 11) is -3.58. The Morgan fingerprint density at radius 1 is 0.920 bits per heavy atom. The fourth-order valence-corrected chi connectivity index (χ4v) is 3.51. The lowest BCUT2D eigenvalue weighted by Gasteiger charge is -2.10. The van der Waals surface area contributed by atoms with Crippen molar-refractivity contribution in [3.8, 4) is 0 Å². The van der Waals surface area contributed by atoms with Crippen molar-refractivity contribution in [2.45, 2.75) is 18.4 Å². The van der Waals surface area contributed by atoms with Crippen LogP contribution in [0.4, 0.5) is 11.4 Å². The van der Waals surface area contributed by atoms with Gasteiger partial charge in [-0.15, -0.1) is 0 Å². The Kier molecular flexibility index (Phi) is 5.00. The van der Waals surface area contributed by atoms with E-state index in [9.17, 15) is 8.42 Å². The quantitative estimate of drug-likeness (QED) is 0.707. The van der Waals surface area contributed by atoms with Crippen molar-refractivity contribution in [1.29, 1.82) is 0 Å². The lowest BCUT2D eigenvalue weighted by molar-refractivity contribution is 0.601. The summed E-state index contributed by atoms with van der Waals surface area (Å²) in [6.45, 7) is 2.47. The van der Waals surface area contributed by atoms with Crippen LogP contribution >= 0.6 is 0 Å². The lowest BCUT2D eigenvalue weighted by Crippen LogP contribution is -2.13. The van der Waals surface area contributed by atoms with E-state index in [0.29, 0.717) is 12.2 Å². The van der Waals surface area contributed by atoms with Crippen molar-refractivity contribution in [2.75, 3.05) is 10.0 Å². The molecule has 25 heavy (non-hydrogen) atoms. The highest BCUT2D eigenvalue weighted by molar-refractivity contribution is 7.92. The highest BCUT2D eigenvalue weighted by Crippen LogP contribution is 2.19. The van der Waals surface area contributed by atoms with Gasteiger partial charge in [0.1, 0.15) is 0 Å². The summed E-state index contributed by atoms with van der Waals surface area (Å²) in [6, 6.07) is 19.7. The van der Waals surface area contributed by atoms with Crippen molar-refractivity contribution < 1.29 is 8.42 Å². The van der Waals surface area contributed by atoms with E-state index in [2.05, 4.69) is 15.0 Å². The fourth-order valence-electron chi connectivity index (χ4n) is 2.35. The van der Waals surface area contributed by atoms with Crippen LogP contribution in [0.3, 0.4) is 0 Å². The first kappa shape index (κ1) is 17.0. The van der Waals surface area contributed by atoms with Crippen LogP contribution in [-0.2, 0) is 16.6 Å². The molecule has 0 atom stereocenters. The minimum atomic E-state index is -3.58. The van der Waals surface area contributed by atoms with Crippen LogP contribution in [-0.4, -0.2) is 13.4 Å². The highest BCUT2D eigenvalue weighted by atomic mass is 32.2. The van der Waals surface area contributed by atoms with Crippen LogP contribution in [0.5, 0.6) is 0 Å². The van der Waals surface area contributed by atoms with Gasteiger partial charge in [-0.3, -0.25) is 9.71 Å². The molecule has 0 bridgehead atoms. The maximum absolute atomic E-state index is 12.4. The summed E-state index contributed by atoms with van der Waals surface area (Å²) in [6.07, 6.45) is 1.75. The molecule has 0 aliphatic heterocycles. The van der Waals surface area contributed by atoms with Crippen LogP contribution in [0.1, 0.15) is 11.3 Å². The predicted molar refractivity (Wildman–Crippen MR) is 100.0 cm³/mol. The predicted octanol–water partition coefficient (Wildman–Crippen LogP) is 3.80. The Labute approximate surface area is 147 Å². The number of rotatable bonds is 6. The number of nitrogens with one attached hydrogen (secondary N) is 2. The third kappa shape index (κ3) is 4.58. The van der Waals surface area contributed by atoms with Crippen molar-refractivity contribution in [2.24, 2.45) is 0 Å². The largest absolute Gasteiger partial charge is 0.379 e. The zero-order chi connectivity index (χ0) is 17.7. The molecule has 0 saturated heterocycles. The molecule has 3 aromatic rings. The Morgan fingerprint density at radius 3 is 2.36 bits per heavy atom. The van der Waals surface area contributed by atoms with Crippen LogP contribution in [0.15, 0.2) is 77.8 Å². The topological polar surface area (TPSA) is 71.1 Å². The molecule has 0 aliphatic carbocycles. The summed E-state index contributed by atoms with van der Waals surface area (Å²) in [5.41, 5.74) is 3.25. The summed E-state index contributed by atoms with van der Waals surface area (Å²) in [5, 5.41) is 3.25. The molecule has 2 aromatic carbocycles. The van der Waals surface area contributed by atoms with Crippen molar-refractivity contribution in [3.05, 3.63) is 84.2 Å². The molecule has 2 N–H and O–H groups in total. The molecule has 1 aromatic heterocycles. The van der Waals surface area contributed by atoms with Crippen molar-refractivity contribution >= 4 is 21.4 Å². The second-order valence-corrected chi connectivity index (χ2v) is 7.36. The maximum Gasteiger partial charge on any atom is 0.261 e. The monoisotopic (exact) mass is 353 g/mol. The van der Waals surface area contributed by atoms with Gasteiger partial charge >= 0.3 is 0 Å². The van der Waals surface area contributed by atoms with Gasteiger partial charge < -0.3 is 5.32 Å². The summed E-state index contributed by atoms with van der Waals surface area (Å²) in [5.74, 6) is 0. The molecule has 5 nitrogen and oxygen atoms in total. The molecule has 0 fully saturated rings. The van der Waals surface area contributed by atoms with Crippen LogP contribution in [0, 0.1) is 6.92 Å². The SMILES string of the molecule is Cc1cccc(S(=O)(=O)Nc2ccc(NCc3ccccn3)cc2)c1. The Hall–Kier alpha value is -2.86. The van der Waals surface area contributed by atoms with Gasteiger partial charge in [0, 0.05) is 17.6 Å². The van der Waals surface area contributed by atoms with Crippen molar-refractivity contribution in [1.82, 2.24) is 4.98 Å². The normalized spacial score (nSPS) is 11.1. The summed E-state index contributed by atoms with van der Waals surface area (Å²) < 4.78 is 27.4.